The summed E-state index contributed by atoms with van der Waals surface area (Å²) < 4.78 is 0. The largest absolute Gasteiger partial charge is 0.344 e. The smallest absolute Gasteiger partial charge is 0.263 e. The highest BCUT2D eigenvalue weighted by atomic mass is 32.1. The number of nitrogens with one attached hydrogen (secondary N) is 1. The van der Waals surface area contributed by atoms with Gasteiger partial charge < -0.3 is 5.32 Å². The molecule has 0 fully saturated rings. The van der Waals surface area contributed by atoms with Crippen molar-refractivity contribution >= 4 is 17.2 Å². The average molecular weight is 352 g/mol. The van der Waals surface area contributed by atoms with Gasteiger partial charge in [0.2, 0.25) is 0 Å². The van der Waals surface area contributed by atoms with Crippen molar-refractivity contribution in [3.63, 3.8) is 0 Å². The van der Waals surface area contributed by atoms with Gasteiger partial charge in [0, 0.05) is 12.4 Å². The molecule has 0 aliphatic rings. The highest BCUT2D eigenvalue weighted by Crippen LogP contribution is 2.27. The number of hydrogen-bond donors (Lipinski definition) is 1. The number of amides is 1. The number of benzene rings is 1. The summed E-state index contributed by atoms with van der Waals surface area (Å²) in [6.07, 6.45) is 4.87. The van der Waals surface area contributed by atoms with Gasteiger partial charge in [0.25, 0.3) is 5.91 Å². The Kier molecular flexibility index (Phi) is 5.50. The molecule has 5 nitrogen and oxygen atoms in total. The van der Waals surface area contributed by atoms with Gasteiger partial charge in [-0.1, -0.05) is 44.2 Å². The molecule has 0 unspecified atom stereocenters. The lowest BCUT2D eigenvalue weighted by Gasteiger charge is -2.17. The zero-order valence-corrected chi connectivity index (χ0v) is 15.1. The molecule has 2 aromatic heterocycles. The number of carbonyl (C=O) groups excluding carboxylic acids is 1. The topological polar surface area (TPSA) is 67.8 Å². The van der Waals surface area contributed by atoms with E-state index in [2.05, 4.69) is 27.2 Å². The number of carbonyl (C=O) groups is 1. The summed E-state index contributed by atoms with van der Waals surface area (Å²) in [7, 11) is 0. The SMILES string of the molecule is CCc1nc(-c2ncccn2)sc1C(=O)N[C@H](CC)c1ccccc1. The third-order valence-corrected chi connectivity index (χ3v) is 5.00. The number of aromatic nitrogens is 3. The quantitative estimate of drug-likeness (QED) is 0.727. The van der Waals surface area contributed by atoms with Crippen molar-refractivity contribution in [2.75, 3.05) is 0 Å². The summed E-state index contributed by atoms with van der Waals surface area (Å²) in [5.74, 6) is 0.462. The number of thiazole rings is 1. The molecule has 1 N–H and O–H groups in total. The summed E-state index contributed by atoms with van der Waals surface area (Å²) in [4.78, 5) is 26.5. The molecule has 0 bridgehead atoms. The molecule has 3 rings (SSSR count). The molecule has 1 atom stereocenters. The second-order valence-electron chi connectivity index (χ2n) is 5.57. The zero-order valence-electron chi connectivity index (χ0n) is 14.3. The molecule has 6 heteroatoms. The standard InChI is InChI=1S/C19H20N4OS/c1-3-14(13-9-6-5-7-10-13)22-18(24)16-15(4-2)23-19(25-16)17-20-11-8-12-21-17/h5-12,14H,3-4H2,1-2H3,(H,22,24)/t14-/m1/s1. The molecule has 2 heterocycles. The molecule has 0 aliphatic heterocycles. The predicted molar refractivity (Wildman–Crippen MR) is 99.5 cm³/mol. The van der Waals surface area contributed by atoms with Crippen LogP contribution in [0, 0.1) is 0 Å². The van der Waals surface area contributed by atoms with E-state index in [1.807, 2.05) is 37.3 Å². The van der Waals surface area contributed by atoms with Gasteiger partial charge in [-0.2, -0.15) is 0 Å². The van der Waals surface area contributed by atoms with Crippen LogP contribution >= 0.6 is 11.3 Å². The first kappa shape index (κ1) is 17.2. The van der Waals surface area contributed by atoms with Crippen LogP contribution < -0.4 is 5.32 Å². The monoisotopic (exact) mass is 352 g/mol. The lowest BCUT2D eigenvalue weighted by molar-refractivity contribution is 0.0938. The van der Waals surface area contributed by atoms with Crippen LogP contribution in [0.25, 0.3) is 10.8 Å². The van der Waals surface area contributed by atoms with Crippen molar-refractivity contribution in [1.82, 2.24) is 20.3 Å². The Bertz CT molecular complexity index is 833. The van der Waals surface area contributed by atoms with Gasteiger partial charge in [0.05, 0.1) is 11.7 Å². The predicted octanol–water partition coefficient (Wildman–Crippen LogP) is 4.04. The van der Waals surface area contributed by atoms with Crippen LogP contribution in [0.3, 0.4) is 0 Å². The van der Waals surface area contributed by atoms with E-state index >= 15 is 0 Å². The highest BCUT2D eigenvalue weighted by Gasteiger charge is 2.21. The average Bonchev–Trinajstić information content (AvgIpc) is 3.12. The lowest BCUT2D eigenvalue weighted by atomic mass is 10.0. The highest BCUT2D eigenvalue weighted by molar-refractivity contribution is 7.17. The molecule has 3 aromatic rings. The van der Waals surface area contributed by atoms with Crippen molar-refractivity contribution in [2.45, 2.75) is 32.7 Å². The molecule has 0 saturated carbocycles. The van der Waals surface area contributed by atoms with Crippen molar-refractivity contribution in [1.29, 1.82) is 0 Å². The van der Waals surface area contributed by atoms with Crippen molar-refractivity contribution in [3.05, 3.63) is 64.9 Å². The third kappa shape index (κ3) is 3.91. The van der Waals surface area contributed by atoms with E-state index in [1.165, 1.54) is 11.3 Å². The Labute approximate surface area is 151 Å². The van der Waals surface area contributed by atoms with Crippen LogP contribution in [0.4, 0.5) is 0 Å². The fourth-order valence-corrected chi connectivity index (χ4v) is 3.61. The second kappa shape index (κ2) is 7.98. The second-order valence-corrected chi connectivity index (χ2v) is 6.56. The van der Waals surface area contributed by atoms with E-state index in [9.17, 15) is 4.79 Å². The first-order valence-corrected chi connectivity index (χ1v) is 9.17. The van der Waals surface area contributed by atoms with E-state index in [4.69, 9.17) is 0 Å². The molecule has 128 valence electrons. The molecule has 0 spiro atoms. The molecular formula is C19H20N4OS. The van der Waals surface area contributed by atoms with E-state index in [0.29, 0.717) is 22.1 Å². The molecule has 0 saturated heterocycles. The van der Waals surface area contributed by atoms with Crippen LogP contribution in [-0.2, 0) is 6.42 Å². The van der Waals surface area contributed by atoms with Gasteiger partial charge in [0.1, 0.15) is 4.88 Å². The number of rotatable bonds is 6. The van der Waals surface area contributed by atoms with Gasteiger partial charge in [-0.25, -0.2) is 15.0 Å². The van der Waals surface area contributed by atoms with Crippen molar-refractivity contribution in [3.8, 4) is 10.8 Å². The fraction of sp³-hybridized carbons (Fsp3) is 0.263. The minimum absolute atomic E-state index is 0.0167. The van der Waals surface area contributed by atoms with Crippen molar-refractivity contribution in [2.24, 2.45) is 0 Å². The fourth-order valence-electron chi connectivity index (χ4n) is 2.60. The summed E-state index contributed by atoms with van der Waals surface area (Å²) in [6.45, 7) is 4.06. The summed E-state index contributed by atoms with van der Waals surface area (Å²) >= 11 is 1.34. The number of aryl methyl sites for hydroxylation is 1. The van der Waals surface area contributed by atoms with Gasteiger partial charge in [-0.15, -0.1) is 11.3 Å². The van der Waals surface area contributed by atoms with Gasteiger partial charge in [0.15, 0.2) is 10.8 Å². The maximum atomic E-state index is 12.8. The Morgan fingerprint density at radius 1 is 1.12 bits per heavy atom. The van der Waals surface area contributed by atoms with E-state index in [1.54, 1.807) is 18.5 Å². The van der Waals surface area contributed by atoms with Gasteiger partial charge >= 0.3 is 0 Å². The molecule has 1 amide bonds. The number of hydrogen-bond acceptors (Lipinski definition) is 5. The summed E-state index contributed by atoms with van der Waals surface area (Å²) in [6, 6.07) is 11.8. The maximum Gasteiger partial charge on any atom is 0.263 e. The first-order valence-electron chi connectivity index (χ1n) is 8.35. The zero-order chi connectivity index (χ0) is 17.6. The van der Waals surface area contributed by atoms with E-state index in [0.717, 1.165) is 17.7 Å². The molecule has 0 aliphatic carbocycles. The van der Waals surface area contributed by atoms with Crippen LogP contribution in [0.5, 0.6) is 0 Å². The normalized spacial score (nSPS) is 11.9. The molecule has 1 aromatic carbocycles. The summed E-state index contributed by atoms with van der Waals surface area (Å²) in [5, 5.41) is 3.81. The van der Waals surface area contributed by atoms with Crippen LogP contribution in [0.1, 0.15) is 47.2 Å². The van der Waals surface area contributed by atoms with Crippen LogP contribution in [0.2, 0.25) is 0 Å². The van der Waals surface area contributed by atoms with E-state index < -0.39 is 0 Å². The lowest BCUT2D eigenvalue weighted by Crippen LogP contribution is -2.28. The molecular weight excluding hydrogens is 332 g/mol. The molecule has 0 radical (unpaired) electrons. The summed E-state index contributed by atoms with van der Waals surface area (Å²) in [5.41, 5.74) is 1.89. The van der Waals surface area contributed by atoms with Crippen LogP contribution in [0.15, 0.2) is 48.8 Å². The van der Waals surface area contributed by atoms with E-state index in [-0.39, 0.29) is 11.9 Å². The Hall–Kier alpha value is -2.60. The Morgan fingerprint density at radius 2 is 1.84 bits per heavy atom. The minimum Gasteiger partial charge on any atom is -0.344 e. The minimum atomic E-state index is -0.0905. The Balaban J connectivity index is 1.85. The maximum absolute atomic E-state index is 12.8. The first-order chi connectivity index (χ1) is 12.2. The Morgan fingerprint density at radius 3 is 2.48 bits per heavy atom. The number of nitrogens with zero attached hydrogens (tertiary/aromatic N) is 3. The third-order valence-electron chi connectivity index (χ3n) is 3.91. The van der Waals surface area contributed by atoms with Crippen LogP contribution in [-0.4, -0.2) is 20.9 Å². The molecule has 25 heavy (non-hydrogen) atoms. The van der Waals surface area contributed by atoms with Gasteiger partial charge in [-0.3, -0.25) is 4.79 Å². The van der Waals surface area contributed by atoms with Crippen molar-refractivity contribution < 1.29 is 4.79 Å². The van der Waals surface area contributed by atoms with Gasteiger partial charge in [-0.05, 0) is 24.5 Å².